The summed E-state index contributed by atoms with van der Waals surface area (Å²) in [5.74, 6) is 0.190. The molecule has 4 rings (SSSR count). The zero-order chi connectivity index (χ0) is 26.1. The number of aromatic hydroxyl groups is 1. The number of rotatable bonds is 7. The monoisotopic (exact) mass is 506 g/mol. The van der Waals surface area contributed by atoms with Crippen LogP contribution >= 0.6 is 0 Å². The molecule has 2 aromatic carbocycles. The van der Waals surface area contributed by atoms with Crippen molar-refractivity contribution in [2.75, 3.05) is 27.9 Å². The highest BCUT2D eigenvalue weighted by molar-refractivity contribution is 5.89. The smallest absolute Gasteiger partial charge is 0.229 e. The first-order chi connectivity index (χ1) is 17.2. The van der Waals surface area contributed by atoms with Gasteiger partial charge in [0.2, 0.25) is 12.0 Å². The second-order valence-corrected chi connectivity index (χ2v) is 7.99. The fourth-order valence-corrected chi connectivity index (χ4v) is 3.96. The van der Waals surface area contributed by atoms with Crippen LogP contribution in [0.15, 0.2) is 39.5 Å². The summed E-state index contributed by atoms with van der Waals surface area (Å²) in [6, 6.07) is 7.13. The number of hydrogen-bond donors (Lipinski definition) is 5. The zero-order valence-electron chi connectivity index (χ0n) is 19.6. The average molecular weight is 506 g/mol. The lowest BCUT2D eigenvalue weighted by Gasteiger charge is -2.39. The molecule has 0 bridgehead atoms. The summed E-state index contributed by atoms with van der Waals surface area (Å²) in [5.41, 5.74) is -0.0418. The van der Waals surface area contributed by atoms with Gasteiger partial charge >= 0.3 is 0 Å². The van der Waals surface area contributed by atoms with Gasteiger partial charge in [0.1, 0.15) is 41.1 Å². The number of ether oxygens (including phenoxy) is 5. The molecule has 2 heterocycles. The lowest BCUT2D eigenvalue weighted by molar-refractivity contribution is -0.277. The SMILES string of the molecule is COc1cc(-c2cc(=O)c3c(O)c(OC)c(OC)cc3o2)ccc1O[C@H]1O[C@H](CO)[C@@H](O)[C@@H](O)[C@@H]1O. The van der Waals surface area contributed by atoms with Crippen molar-refractivity contribution in [2.24, 2.45) is 0 Å². The highest BCUT2D eigenvalue weighted by Gasteiger charge is 2.45. The van der Waals surface area contributed by atoms with Gasteiger partial charge in [0.05, 0.1) is 27.9 Å². The molecule has 12 nitrogen and oxygen atoms in total. The Balaban J connectivity index is 1.70. The van der Waals surface area contributed by atoms with Gasteiger partial charge in [-0.25, -0.2) is 0 Å². The molecule has 0 unspecified atom stereocenters. The van der Waals surface area contributed by atoms with E-state index in [2.05, 4.69) is 0 Å². The third kappa shape index (κ3) is 4.40. The first-order valence-electron chi connectivity index (χ1n) is 10.8. The second-order valence-electron chi connectivity index (χ2n) is 7.99. The van der Waals surface area contributed by atoms with Crippen LogP contribution in [0.5, 0.6) is 28.7 Å². The van der Waals surface area contributed by atoms with Crippen LogP contribution in [0, 0.1) is 0 Å². The molecule has 1 aliphatic rings. The molecule has 1 saturated heterocycles. The lowest BCUT2D eigenvalue weighted by atomic mass is 9.99. The Morgan fingerprint density at radius 2 is 1.61 bits per heavy atom. The first-order valence-corrected chi connectivity index (χ1v) is 10.8. The van der Waals surface area contributed by atoms with E-state index < -0.39 is 48.5 Å². The topological polar surface area (TPSA) is 178 Å². The summed E-state index contributed by atoms with van der Waals surface area (Å²) >= 11 is 0. The molecule has 0 saturated carbocycles. The molecule has 3 aromatic rings. The van der Waals surface area contributed by atoms with E-state index in [-0.39, 0.29) is 39.7 Å². The molecule has 0 radical (unpaired) electrons. The number of aliphatic hydroxyl groups excluding tert-OH is 4. The molecule has 5 N–H and O–H groups in total. The van der Waals surface area contributed by atoms with E-state index >= 15 is 0 Å². The summed E-state index contributed by atoms with van der Waals surface area (Å²) in [7, 11) is 4.08. The maximum atomic E-state index is 12.8. The third-order valence-corrected chi connectivity index (χ3v) is 5.88. The van der Waals surface area contributed by atoms with Crippen molar-refractivity contribution in [2.45, 2.75) is 30.7 Å². The van der Waals surface area contributed by atoms with Crippen LogP contribution in [-0.2, 0) is 4.74 Å². The Kier molecular flexibility index (Phi) is 7.24. The van der Waals surface area contributed by atoms with Crippen molar-refractivity contribution >= 4 is 11.0 Å². The van der Waals surface area contributed by atoms with E-state index in [1.54, 1.807) is 6.07 Å². The molecule has 194 valence electrons. The summed E-state index contributed by atoms with van der Waals surface area (Å²) in [6.07, 6.45) is -7.29. The summed E-state index contributed by atoms with van der Waals surface area (Å²) in [6.45, 7) is -0.603. The van der Waals surface area contributed by atoms with Crippen molar-refractivity contribution in [1.29, 1.82) is 0 Å². The highest BCUT2D eigenvalue weighted by atomic mass is 16.7. The Morgan fingerprint density at radius 3 is 2.25 bits per heavy atom. The van der Waals surface area contributed by atoms with Crippen molar-refractivity contribution in [3.63, 3.8) is 0 Å². The molecule has 1 aromatic heterocycles. The quantitative estimate of drug-likeness (QED) is 0.298. The van der Waals surface area contributed by atoms with Crippen LogP contribution in [0.1, 0.15) is 0 Å². The van der Waals surface area contributed by atoms with Crippen LogP contribution in [0.4, 0.5) is 0 Å². The molecule has 5 atom stereocenters. The Labute approximate surface area is 204 Å². The molecular weight excluding hydrogens is 480 g/mol. The largest absolute Gasteiger partial charge is 0.504 e. The molecule has 0 aliphatic carbocycles. The number of aliphatic hydroxyl groups is 4. The van der Waals surface area contributed by atoms with Crippen LogP contribution in [0.25, 0.3) is 22.3 Å². The molecule has 12 heteroatoms. The van der Waals surface area contributed by atoms with E-state index in [4.69, 9.17) is 28.1 Å². The summed E-state index contributed by atoms with van der Waals surface area (Å²) < 4.78 is 32.6. The summed E-state index contributed by atoms with van der Waals surface area (Å²) in [4.78, 5) is 12.8. The van der Waals surface area contributed by atoms with Crippen molar-refractivity contribution in [3.05, 3.63) is 40.6 Å². The van der Waals surface area contributed by atoms with E-state index in [0.717, 1.165) is 0 Å². The van der Waals surface area contributed by atoms with Gasteiger partial charge in [-0.15, -0.1) is 0 Å². The highest BCUT2D eigenvalue weighted by Crippen LogP contribution is 2.42. The second kappa shape index (κ2) is 10.2. The minimum atomic E-state index is -1.61. The third-order valence-electron chi connectivity index (χ3n) is 5.88. The van der Waals surface area contributed by atoms with Crippen LogP contribution in [0.3, 0.4) is 0 Å². The van der Waals surface area contributed by atoms with Gasteiger partial charge in [-0.05, 0) is 18.2 Å². The molecule has 0 spiro atoms. The minimum absolute atomic E-state index is 0.00131. The fraction of sp³-hybridized carbons (Fsp3) is 0.375. The van der Waals surface area contributed by atoms with E-state index in [9.17, 15) is 30.3 Å². The van der Waals surface area contributed by atoms with E-state index in [1.165, 1.54) is 45.6 Å². The van der Waals surface area contributed by atoms with Gasteiger partial charge in [0.25, 0.3) is 0 Å². The number of phenols is 1. The molecule has 36 heavy (non-hydrogen) atoms. The predicted octanol–water partition coefficient (Wildman–Crippen LogP) is 0.370. The van der Waals surface area contributed by atoms with Gasteiger partial charge < -0.3 is 53.6 Å². The van der Waals surface area contributed by atoms with Crippen molar-refractivity contribution in [3.8, 4) is 40.1 Å². The summed E-state index contributed by atoms with van der Waals surface area (Å²) in [5, 5.41) is 49.9. The number of benzene rings is 2. The van der Waals surface area contributed by atoms with E-state index in [0.29, 0.717) is 5.56 Å². The van der Waals surface area contributed by atoms with Crippen LogP contribution in [0.2, 0.25) is 0 Å². The van der Waals surface area contributed by atoms with Gasteiger partial charge in [-0.3, -0.25) is 4.79 Å². The lowest BCUT2D eigenvalue weighted by Crippen LogP contribution is -2.60. The van der Waals surface area contributed by atoms with Gasteiger partial charge in [-0.1, -0.05) is 0 Å². The Hall–Kier alpha value is -3.55. The first kappa shape index (κ1) is 25.5. The maximum Gasteiger partial charge on any atom is 0.229 e. The number of fused-ring (bicyclic) bond motifs is 1. The number of methoxy groups -OCH3 is 3. The molecule has 1 aliphatic heterocycles. The van der Waals surface area contributed by atoms with E-state index in [1.807, 2.05) is 0 Å². The van der Waals surface area contributed by atoms with Crippen molar-refractivity contribution in [1.82, 2.24) is 0 Å². The Morgan fingerprint density at radius 1 is 0.889 bits per heavy atom. The fourth-order valence-electron chi connectivity index (χ4n) is 3.96. The normalized spacial score (nSPS) is 23.9. The van der Waals surface area contributed by atoms with Crippen LogP contribution < -0.4 is 24.4 Å². The van der Waals surface area contributed by atoms with Gasteiger partial charge in [-0.2, -0.15) is 0 Å². The molecule has 1 fully saturated rings. The number of hydrogen-bond acceptors (Lipinski definition) is 12. The molecular formula is C24H26O12. The average Bonchev–Trinajstić information content (AvgIpc) is 2.88. The van der Waals surface area contributed by atoms with Crippen molar-refractivity contribution < 1.29 is 53.6 Å². The minimum Gasteiger partial charge on any atom is -0.504 e. The molecule has 0 amide bonds. The standard InChI is InChI=1S/C24H26O12/c1-31-14-6-10(4-5-12(14)35-24-22(30)21(29)19(27)17(9-25)36-24)13-7-11(26)18-15(34-13)8-16(32-2)23(33-3)20(18)28/h4-8,17,19,21-22,24-25,27-30H,9H2,1-3H3/t17-,19-,21-,22+,24+/m1/s1. The maximum absolute atomic E-state index is 12.8. The Bertz CT molecular complexity index is 1300. The van der Waals surface area contributed by atoms with Gasteiger partial charge in [0, 0.05) is 17.7 Å². The predicted molar refractivity (Wildman–Crippen MR) is 124 cm³/mol. The zero-order valence-corrected chi connectivity index (χ0v) is 19.6. The van der Waals surface area contributed by atoms with Crippen LogP contribution in [-0.4, -0.2) is 84.2 Å². The van der Waals surface area contributed by atoms with Gasteiger partial charge in [0.15, 0.2) is 28.4 Å². The number of phenolic OH excluding ortho intramolecular Hbond substituents is 1.